The number of hydrogen-bond donors (Lipinski definition) is 0. The summed E-state index contributed by atoms with van der Waals surface area (Å²) in [5.41, 5.74) is 20.8. The van der Waals surface area contributed by atoms with Gasteiger partial charge >= 0.3 is 0 Å². The Morgan fingerprint density at radius 1 is 0.405 bits per heavy atom. The first-order valence-electron chi connectivity index (χ1n) is 29.7. The minimum absolute atomic E-state index is 0.00616. The van der Waals surface area contributed by atoms with E-state index in [0.717, 1.165) is 56.1 Å². The van der Waals surface area contributed by atoms with Gasteiger partial charge in [-0.25, -0.2) is 0 Å². The van der Waals surface area contributed by atoms with Crippen LogP contribution in [0.25, 0.3) is 75.5 Å². The van der Waals surface area contributed by atoms with E-state index in [1.165, 1.54) is 103 Å². The van der Waals surface area contributed by atoms with Gasteiger partial charge in [-0.15, -0.1) is 11.3 Å². The van der Waals surface area contributed by atoms with Crippen LogP contribution >= 0.6 is 11.3 Å². The molecule has 4 nitrogen and oxygen atoms in total. The molecule has 0 amide bonds. The van der Waals surface area contributed by atoms with Crippen molar-refractivity contribution in [2.24, 2.45) is 0 Å². The van der Waals surface area contributed by atoms with Crippen LogP contribution in [0.3, 0.4) is 0 Å². The van der Waals surface area contributed by atoms with E-state index < -0.39 is 0 Å². The molecule has 2 aliphatic rings. The molecule has 0 radical (unpaired) electrons. The van der Waals surface area contributed by atoms with Crippen molar-refractivity contribution >= 4 is 149 Å². The lowest BCUT2D eigenvalue weighted by Crippen LogP contribution is -2.60. The van der Waals surface area contributed by atoms with Gasteiger partial charge in [0.2, 0.25) is 0 Å². The second kappa shape index (κ2) is 18.2. The Labute approximate surface area is 496 Å². The summed E-state index contributed by atoms with van der Waals surface area (Å²) in [6.45, 7) is 20.9. The van der Waals surface area contributed by atoms with Gasteiger partial charge in [-0.2, -0.15) is 0 Å². The van der Waals surface area contributed by atoms with Crippen LogP contribution in [0, 0.1) is 0 Å². The zero-order chi connectivity index (χ0) is 57.1. The molecule has 406 valence electrons. The predicted molar refractivity (Wildman–Crippen MR) is 363 cm³/mol. The molecule has 0 unspecified atom stereocenters. The van der Waals surface area contributed by atoms with E-state index in [9.17, 15) is 0 Å². The molecule has 0 fully saturated rings. The average molecular weight is 1100 g/mol. The van der Waals surface area contributed by atoms with Gasteiger partial charge in [0.1, 0.15) is 11.2 Å². The average Bonchev–Trinajstić information content (AvgIpc) is 1.25. The van der Waals surface area contributed by atoms with Crippen molar-refractivity contribution < 1.29 is 4.42 Å². The van der Waals surface area contributed by atoms with E-state index >= 15 is 0 Å². The molecule has 12 aromatic carbocycles. The molecule has 0 atom stereocenters. The van der Waals surface area contributed by atoms with E-state index in [-0.39, 0.29) is 23.0 Å². The molecule has 0 saturated heterocycles. The Hall–Kier alpha value is -9.10. The standard InChI is InChI=1S/C78H64BN3OS/c1-76(2,3)50-32-36-54(37-33-50)81-64-24-16-25-65-73(64)79(75-74(81)60-45-52(78(7,8)9)35-43-69(60)84-75)61-41-38-55(80(53-20-11-10-12-21-53)63-23-17-27-68-72(63)58-22-13-14-26-67(58)83-68)46-66(61)82(65)62-42-34-51(77(4,5)6)44-59(62)56-39-30-49-29-28-47-18-15-19-48-31-40-57(56)71(49)70(47)48/h10-46H,1-9H3. The van der Waals surface area contributed by atoms with Crippen LogP contribution in [0.4, 0.5) is 51.2 Å². The fourth-order valence-corrected chi connectivity index (χ4v) is 15.3. The number of rotatable bonds is 6. The van der Waals surface area contributed by atoms with Crippen LogP contribution in [-0.2, 0) is 16.2 Å². The summed E-state index contributed by atoms with van der Waals surface area (Å²) in [6, 6.07) is 85.0. The molecule has 6 heteroatoms. The number of furan rings is 1. The second-order valence-electron chi connectivity index (χ2n) is 26.5. The van der Waals surface area contributed by atoms with Gasteiger partial charge in [0, 0.05) is 59.9 Å². The van der Waals surface area contributed by atoms with Crippen molar-refractivity contribution in [3.8, 4) is 11.1 Å². The Morgan fingerprint density at radius 2 is 1.04 bits per heavy atom. The maximum atomic E-state index is 6.63. The zero-order valence-electron chi connectivity index (χ0n) is 49.1. The normalized spacial score (nSPS) is 13.5. The molecule has 2 aliphatic heterocycles. The molecule has 0 spiro atoms. The number of hydrogen-bond acceptors (Lipinski definition) is 5. The van der Waals surface area contributed by atoms with Gasteiger partial charge in [-0.3, -0.25) is 0 Å². The molecular weight excluding hydrogens is 1040 g/mol. The monoisotopic (exact) mass is 1100 g/mol. The lowest BCUT2D eigenvalue weighted by Gasteiger charge is -2.44. The van der Waals surface area contributed by atoms with Gasteiger partial charge < -0.3 is 19.1 Å². The van der Waals surface area contributed by atoms with Crippen molar-refractivity contribution in [2.45, 2.75) is 78.6 Å². The van der Waals surface area contributed by atoms with Crippen LogP contribution < -0.4 is 30.4 Å². The summed E-state index contributed by atoms with van der Waals surface area (Å²) in [4.78, 5) is 7.70. The minimum atomic E-state index is -0.122. The highest BCUT2D eigenvalue weighted by atomic mass is 32.1. The van der Waals surface area contributed by atoms with Crippen LogP contribution in [0.15, 0.2) is 229 Å². The third-order valence-corrected chi connectivity index (χ3v) is 19.5. The molecule has 0 aliphatic carbocycles. The van der Waals surface area contributed by atoms with Gasteiger partial charge in [-0.05, 0) is 173 Å². The molecule has 0 saturated carbocycles. The van der Waals surface area contributed by atoms with E-state index in [4.69, 9.17) is 4.42 Å². The number of para-hydroxylation sites is 2. The first-order chi connectivity index (χ1) is 40.6. The largest absolute Gasteiger partial charge is 0.456 e. The summed E-state index contributed by atoms with van der Waals surface area (Å²) >= 11 is 1.96. The Bertz CT molecular complexity index is 4980. The SMILES string of the molecule is CC(C)(C)c1ccc(N2c3cccc4c3B(c3ccc(N(c5ccccc5)c5cccc6oc7ccccc7c56)cc3N4c3ccc(C(C)(C)C)cc3-c3ccc4ccc5cccc6ccc3c4c56)c3sc4ccc(C(C)(C)C)cc4c32)cc1. The van der Waals surface area contributed by atoms with E-state index in [1.807, 2.05) is 11.3 Å². The number of benzene rings is 12. The molecule has 0 N–H and O–H groups in total. The summed E-state index contributed by atoms with van der Waals surface area (Å²) in [6.07, 6.45) is 0. The van der Waals surface area contributed by atoms with Crippen molar-refractivity contribution in [1.29, 1.82) is 0 Å². The molecule has 84 heavy (non-hydrogen) atoms. The van der Waals surface area contributed by atoms with Gasteiger partial charge in [0.15, 0.2) is 0 Å². The van der Waals surface area contributed by atoms with Crippen molar-refractivity contribution in [3.05, 3.63) is 241 Å². The lowest BCUT2D eigenvalue weighted by molar-refractivity contribution is 0.590. The third kappa shape index (κ3) is 7.65. The molecule has 4 heterocycles. The van der Waals surface area contributed by atoms with E-state index in [0.29, 0.717) is 0 Å². The van der Waals surface area contributed by atoms with Crippen molar-refractivity contribution in [1.82, 2.24) is 0 Å². The van der Waals surface area contributed by atoms with Gasteiger partial charge in [0.05, 0.1) is 22.4 Å². The zero-order valence-corrected chi connectivity index (χ0v) is 49.9. The van der Waals surface area contributed by atoms with Crippen LogP contribution in [0.1, 0.15) is 79.0 Å². The molecule has 0 bridgehead atoms. The van der Waals surface area contributed by atoms with Crippen LogP contribution in [0.5, 0.6) is 0 Å². The lowest BCUT2D eigenvalue weighted by atomic mass is 9.36. The van der Waals surface area contributed by atoms with E-state index in [1.54, 1.807) is 0 Å². The van der Waals surface area contributed by atoms with E-state index in [2.05, 4.69) is 301 Å². The summed E-state index contributed by atoms with van der Waals surface area (Å²) < 4.78 is 9.28. The molecule has 16 rings (SSSR count). The number of anilines is 9. The topological polar surface area (TPSA) is 22.9 Å². The molecule has 14 aromatic rings. The summed E-state index contributed by atoms with van der Waals surface area (Å²) in [5, 5.41) is 11.1. The second-order valence-corrected chi connectivity index (χ2v) is 27.6. The predicted octanol–water partition coefficient (Wildman–Crippen LogP) is 20.8. The Morgan fingerprint density at radius 3 is 1.80 bits per heavy atom. The van der Waals surface area contributed by atoms with Gasteiger partial charge in [0.25, 0.3) is 6.71 Å². The fraction of sp³-hybridized carbons (Fsp3) is 0.154. The first kappa shape index (κ1) is 50.6. The smallest absolute Gasteiger partial charge is 0.264 e. The number of nitrogens with zero attached hydrogens (tertiary/aromatic N) is 3. The van der Waals surface area contributed by atoms with Crippen LogP contribution in [0.2, 0.25) is 0 Å². The van der Waals surface area contributed by atoms with Crippen LogP contribution in [-0.4, -0.2) is 6.71 Å². The molecular formula is C78H64BN3OS. The highest BCUT2D eigenvalue weighted by Gasteiger charge is 2.46. The maximum absolute atomic E-state index is 6.63. The highest BCUT2D eigenvalue weighted by Crippen LogP contribution is 2.53. The Balaban J connectivity index is 1.02. The minimum Gasteiger partial charge on any atom is -0.456 e. The van der Waals surface area contributed by atoms with Crippen molar-refractivity contribution in [3.63, 3.8) is 0 Å². The summed E-state index contributed by atoms with van der Waals surface area (Å²) in [7, 11) is 0. The number of fused-ring (bicyclic) bond motifs is 9. The molecule has 2 aromatic heterocycles. The number of thiophene rings is 1. The third-order valence-electron chi connectivity index (χ3n) is 18.2. The quantitative estimate of drug-likeness (QED) is 0.122. The first-order valence-corrected chi connectivity index (χ1v) is 30.5. The summed E-state index contributed by atoms with van der Waals surface area (Å²) in [5.74, 6) is 0. The fourth-order valence-electron chi connectivity index (χ4n) is 14.0. The Kier molecular flexibility index (Phi) is 11.0. The highest BCUT2D eigenvalue weighted by molar-refractivity contribution is 7.33. The van der Waals surface area contributed by atoms with Crippen molar-refractivity contribution in [2.75, 3.05) is 14.7 Å². The van der Waals surface area contributed by atoms with Gasteiger partial charge in [-0.1, -0.05) is 196 Å². The maximum Gasteiger partial charge on any atom is 0.264 e.